The van der Waals surface area contributed by atoms with E-state index in [2.05, 4.69) is 17.1 Å². The zero-order chi connectivity index (χ0) is 13.7. The molecule has 2 rings (SSSR count). The Hall–Kier alpha value is -1.13. The first-order chi connectivity index (χ1) is 9.22. The third-order valence-electron chi connectivity index (χ3n) is 3.80. The Morgan fingerprint density at radius 1 is 1.47 bits per heavy atom. The van der Waals surface area contributed by atoms with Crippen molar-refractivity contribution < 1.29 is 9.13 Å². The van der Waals surface area contributed by atoms with Crippen molar-refractivity contribution in [1.29, 1.82) is 0 Å². The van der Waals surface area contributed by atoms with Crippen LogP contribution in [0.15, 0.2) is 18.2 Å². The van der Waals surface area contributed by atoms with Crippen molar-refractivity contribution in [3.05, 3.63) is 29.6 Å². The van der Waals surface area contributed by atoms with E-state index in [1.165, 1.54) is 26.6 Å². The molecule has 1 aromatic rings. The van der Waals surface area contributed by atoms with E-state index in [1.807, 2.05) is 6.07 Å². The summed E-state index contributed by atoms with van der Waals surface area (Å²) in [5.41, 5.74) is 0.962. The van der Waals surface area contributed by atoms with E-state index >= 15 is 0 Å². The van der Waals surface area contributed by atoms with E-state index in [4.69, 9.17) is 4.74 Å². The molecule has 0 bridgehead atoms. The quantitative estimate of drug-likeness (QED) is 0.855. The third kappa shape index (κ3) is 3.91. The molecular weight excluding hydrogens is 243 g/mol. The lowest BCUT2D eigenvalue weighted by Gasteiger charge is -2.14. The van der Waals surface area contributed by atoms with Gasteiger partial charge in [-0.05, 0) is 49.7 Å². The second-order valence-electron chi connectivity index (χ2n) is 5.15. The summed E-state index contributed by atoms with van der Waals surface area (Å²) in [6, 6.07) is 5.13. The Labute approximate surface area is 114 Å². The highest BCUT2D eigenvalue weighted by atomic mass is 19.1. The topological polar surface area (TPSA) is 24.5 Å². The van der Waals surface area contributed by atoms with E-state index in [9.17, 15) is 4.39 Å². The highest BCUT2D eigenvalue weighted by Gasteiger charge is 2.20. The summed E-state index contributed by atoms with van der Waals surface area (Å²) >= 11 is 0. The fourth-order valence-electron chi connectivity index (χ4n) is 2.61. The molecule has 1 saturated heterocycles. The van der Waals surface area contributed by atoms with Gasteiger partial charge in [0.15, 0.2) is 11.6 Å². The molecule has 4 heteroatoms. The Morgan fingerprint density at radius 3 is 2.95 bits per heavy atom. The molecule has 1 fully saturated rings. The van der Waals surface area contributed by atoms with Gasteiger partial charge in [0.1, 0.15) is 0 Å². The molecule has 0 amide bonds. The molecule has 1 aliphatic heterocycles. The summed E-state index contributed by atoms with van der Waals surface area (Å²) in [4.78, 5) is 2.47. The first-order valence-electron chi connectivity index (χ1n) is 6.98. The molecule has 1 atom stereocenters. The molecule has 1 heterocycles. The van der Waals surface area contributed by atoms with Gasteiger partial charge in [-0.15, -0.1) is 0 Å². The smallest absolute Gasteiger partial charge is 0.165 e. The Morgan fingerprint density at radius 2 is 2.32 bits per heavy atom. The SMILES string of the molecule is CCN1CC[C@@H](CNCc2ccc(OC)c(F)c2)C1. The van der Waals surface area contributed by atoms with Crippen LogP contribution in [0.4, 0.5) is 4.39 Å². The summed E-state index contributed by atoms with van der Waals surface area (Å²) in [5.74, 6) is 0.737. The summed E-state index contributed by atoms with van der Waals surface area (Å²) in [7, 11) is 1.48. The van der Waals surface area contributed by atoms with E-state index in [1.54, 1.807) is 12.1 Å². The number of nitrogens with one attached hydrogen (secondary N) is 1. The zero-order valence-corrected chi connectivity index (χ0v) is 11.8. The molecule has 0 aromatic heterocycles. The monoisotopic (exact) mass is 266 g/mol. The van der Waals surface area contributed by atoms with Crippen molar-refractivity contribution in [1.82, 2.24) is 10.2 Å². The third-order valence-corrected chi connectivity index (χ3v) is 3.80. The number of rotatable bonds is 6. The Balaban J connectivity index is 1.75. The van der Waals surface area contributed by atoms with Crippen LogP contribution in [0.3, 0.4) is 0 Å². The van der Waals surface area contributed by atoms with Crippen LogP contribution in [0.2, 0.25) is 0 Å². The molecule has 19 heavy (non-hydrogen) atoms. The molecule has 106 valence electrons. The predicted octanol–water partition coefficient (Wildman–Crippen LogP) is 2.27. The molecule has 3 nitrogen and oxygen atoms in total. The fourth-order valence-corrected chi connectivity index (χ4v) is 2.61. The average Bonchev–Trinajstić information content (AvgIpc) is 2.87. The number of ether oxygens (including phenoxy) is 1. The van der Waals surface area contributed by atoms with E-state index in [-0.39, 0.29) is 5.82 Å². The van der Waals surface area contributed by atoms with E-state index in [0.29, 0.717) is 12.3 Å². The summed E-state index contributed by atoms with van der Waals surface area (Å²) in [6.45, 7) is 7.45. The van der Waals surface area contributed by atoms with Gasteiger partial charge in [0.25, 0.3) is 0 Å². The van der Waals surface area contributed by atoms with Crippen molar-refractivity contribution in [3.63, 3.8) is 0 Å². The van der Waals surface area contributed by atoms with Gasteiger partial charge in [-0.2, -0.15) is 0 Å². The van der Waals surface area contributed by atoms with Crippen LogP contribution in [0.5, 0.6) is 5.75 Å². The van der Waals surface area contributed by atoms with Crippen LogP contribution in [-0.2, 0) is 6.54 Å². The minimum atomic E-state index is -0.292. The van der Waals surface area contributed by atoms with Crippen LogP contribution < -0.4 is 10.1 Å². The fraction of sp³-hybridized carbons (Fsp3) is 0.600. The molecular formula is C15H23FN2O. The molecule has 0 unspecified atom stereocenters. The van der Waals surface area contributed by atoms with Gasteiger partial charge in [-0.25, -0.2) is 4.39 Å². The summed E-state index contributed by atoms with van der Waals surface area (Å²) < 4.78 is 18.4. The number of methoxy groups -OCH3 is 1. The van der Waals surface area contributed by atoms with Crippen LogP contribution in [0, 0.1) is 11.7 Å². The highest BCUT2D eigenvalue weighted by Crippen LogP contribution is 2.18. The summed E-state index contributed by atoms with van der Waals surface area (Å²) in [5, 5.41) is 3.42. The summed E-state index contributed by atoms with van der Waals surface area (Å²) in [6.07, 6.45) is 1.26. The molecule has 0 aliphatic carbocycles. The lowest BCUT2D eigenvalue weighted by molar-refractivity contribution is 0.339. The van der Waals surface area contributed by atoms with Gasteiger partial charge < -0.3 is 15.0 Å². The van der Waals surface area contributed by atoms with E-state index in [0.717, 1.165) is 24.6 Å². The standard InChI is InChI=1S/C15H23FN2O/c1-3-18-7-6-13(11-18)10-17-9-12-4-5-15(19-2)14(16)8-12/h4-5,8,13,17H,3,6-7,9-11H2,1-2H3/t13-/m0/s1. The van der Waals surface area contributed by atoms with Crippen molar-refractivity contribution in [2.24, 2.45) is 5.92 Å². The largest absolute Gasteiger partial charge is 0.494 e. The Bertz CT molecular complexity index is 411. The van der Waals surface area contributed by atoms with Crippen LogP contribution in [0.25, 0.3) is 0 Å². The number of hydrogen-bond acceptors (Lipinski definition) is 3. The molecule has 1 aliphatic rings. The highest BCUT2D eigenvalue weighted by molar-refractivity contribution is 5.29. The molecule has 1 N–H and O–H groups in total. The lowest BCUT2D eigenvalue weighted by Crippen LogP contribution is -2.26. The first kappa shape index (κ1) is 14.3. The van der Waals surface area contributed by atoms with Gasteiger partial charge in [0, 0.05) is 13.1 Å². The van der Waals surface area contributed by atoms with Crippen LogP contribution in [0.1, 0.15) is 18.9 Å². The van der Waals surface area contributed by atoms with Crippen molar-refractivity contribution in [2.45, 2.75) is 19.9 Å². The number of halogens is 1. The van der Waals surface area contributed by atoms with Crippen molar-refractivity contribution in [3.8, 4) is 5.75 Å². The molecule has 0 spiro atoms. The van der Waals surface area contributed by atoms with Crippen molar-refractivity contribution in [2.75, 3.05) is 33.3 Å². The average molecular weight is 266 g/mol. The molecule has 0 saturated carbocycles. The van der Waals surface area contributed by atoms with Gasteiger partial charge in [-0.3, -0.25) is 0 Å². The van der Waals surface area contributed by atoms with Gasteiger partial charge in [0.2, 0.25) is 0 Å². The number of likely N-dealkylation sites (tertiary alicyclic amines) is 1. The van der Waals surface area contributed by atoms with Crippen LogP contribution in [-0.4, -0.2) is 38.2 Å². The maximum Gasteiger partial charge on any atom is 0.165 e. The molecule has 1 aromatic carbocycles. The second-order valence-corrected chi connectivity index (χ2v) is 5.15. The Kier molecular flexibility index (Phi) is 5.16. The van der Waals surface area contributed by atoms with Crippen molar-refractivity contribution >= 4 is 0 Å². The maximum absolute atomic E-state index is 13.5. The first-order valence-corrected chi connectivity index (χ1v) is 6.98. The number of benzene rings is 1. The second kappa shape index (κ2) is 6.87. The van der Waals surface area contributed by atoms with Gasteiger partial charge >= 0.3 is 0 Å². The van der Waals surface area contributed by atoms with Crippen LogP contribution >= 0.6 is 0 Å². The normalized spacial score (nSPS) is 19.8. The maximum atomic E-state index is 13.5. The molecule has 0 radical (unpaired) electrons. The van der Waals surface area contributed by atoms with E-state index < -0.39 is 0 Å². The lowest BCUT2D eigenvalue weighted by atomic mass is 10.1. The number of hydrogen-bond donors (Lipinski definition) is 1. The minimum Gasteiger partial charge on any atom is -0.494 e. The van der Waals surface area contributed by atoms with Gasteiger partial charge in [-0.1, -0.05) is 13.0 Å². The predicted molar refractivity (Wildman–Crippen MR) is 74.9 cm³/mol. The minimum absolute atomic E-state index is 0.292. The zero-order valence-electron chi connectivity index (χ0n) is 11.8. The number of nitrogens with zero attached hydrogens (tertiary/aromatic N) is 1. The van der Waals surface area contributed by atoms with Gasteiger partial charge in [0.05, 0.1) is 7.11 Å².